The molecular weight excluding hydrogens is 363 g/mol. The predicted molar refractivity (Wildman–Crippen MR) is 101 cm³/mol. The Kier molecular flexibility index (Phi) is 4.87. The van der Waals surface area contributed by atoms with Gasteiger partial charge in [0, 0.05) is 25.3 Å². The number of benzene rings is 2. The van der Waals surface area contributed by atoms with E-state index < -0.39 is 11.7 Å². The molecule has 1 fully saturated rings. The molecule has 0 unspecified atom stereocenters. The Morgan fingerprint density at radius 2 is 1.89 bits per heavy atom. The molecular formula is C21H21FN2O4. The summed E-state index contributed by atoms with van der Waals surface area (Å²) in [5.41, 5.74) is 1.56. The average molecular weight is 384 g/mol. The number of hydrogen-bond acceptors (Lipinski definition) is 4. The highest BCUT2D eigenvalue weighted by Crippen LogP contribution is 2.48. The van der Waals surface area contributed by atoms with Gasteiger partial charge in [-0.3, -0.25) is 9.59 Å². The van der Waals surface area contributed by atoms with Gasteiger partial charge in [-0.05, 0) is 23.8 Å². The highest BCUT2D eigenvalue weighted by molar-refractivity contribution is 6.07. The number of carbonyl (C=O) groups is 2. The summed E-state index contributed by atoms with van der Waals surface area (Å²) < 4.78 is 19.2. The number of anilines is 1. The molecule has 146 valence electrons. The average Bonchev–Trinajstić information content (AvgIpc) is 2.68. The number of methoxy groups -OCH3 is 1. The number of ether oxygens (including phenoxy) is 1. The van der Waals surface area contributed by atoms with Crippen LogP contribution in [0, 0.1) is 5.82 Å². The molecule has 2 aromatic rings. The first-order valence-electron chi connectivity index (χ1n) is 9.14. The zero-order valence-electron chi connectivity index (χ0n) is 15.4. The number of hydrogen-bond donors (Lipinski definition) is 1. The van der Waals surface area contributed by atoms with E-state index in [2.05, 4.69) is 0 Å². The van der Waals surface area contributed by atoms with Crippen LogP contribution in [-0.2, 0) is 9.53 Å². The third kappa shape index (κ3) is 2.78. The highest BCUT2D eigenvalue weighted by Gasteiger charge is 2.55. The Hall–Kier alpha value is -2.77. The minimum Gasteiger partial charge on any atom is -0.394 e. The number of likely N-dealkylation sites (tertiary alicyclic amines) is 1. The van der Waals surface area contributed by atoms with Crippen LogP contribution in [0.25, 0.3) is 0 Å². The van der Waals surface area contributed by atoms with Crippen molar-refractivity contribution in [3.05, 3.63) is 65.5 Å². The van der Waals surface area contributed by atoms with Crippen LogP contribution in [-0.4, -0.2) is 60.8 Å². The van der Waals surface area contributed by atoms with Crippen molar-refractivity contribution in [2.24, 2.45) is 0 Å². The third-order valence-corrected chi connectivity index (χ3v) is 5.59. The van der Waals surface area contributed by atoms with Crippen molar-refractivity contribution in [3.63, 3.8) is 0 Å². The number of nitrogens with zero attached hydrogens (tertiary/aromatic N) is 2. The first kappa shape index (κ1) is 18.6. The van der Waals surface area contributed by atoms with Gasteiger partial charge >= 0.3 is 0 Å². The number of para-hydroxylation sites is 1. The molecule has 3 atom stereocenters. The van der Waals surface area contributed by atoms with Gasteiger partial charge < -0.3 is 19.6 Å². The van der Waals surface area contributed by atoms with Crippen LogP contribution in [0.5, 0.6) is 0 Å². The van der Waals surface area contributed by atoms with Gasteiger partial charge in [0.25, 0.3) is 5.91 Å². The summed E-state index contributed by atoms with van der Waals surface area (Å²) in [6.07, 6.45) is 0. The van der Waals surface area contributed by atoms with Crippen molar-refractivity contribution in [3.8, 4) is 0 Å². The van der Waals surface area contributed by atoms with Crippen LogP contribution in [0.2, 0.25) is 0 Å². The zero-order chi connectivity index (χ0) is 19.8. The van der Waals surface area contributed by atoms with Gasteiger partial charge in [-0.25, -0.2) is 4.39 Å². The number of rotatable bonds is 4. The number of halogens is 1. The molecule has 6 nitrogen and oxygen atoms in total. The molecule has 0 aromatic heterocycles. The molecule has 0 aliphatic carbocycles. The summed E-state index contributed by atoms with van der Waals surface area (Å²) in [6.45, 7) is -0.0321. The molecule has 2 aliphatic heterocycles. The standard InChI is InChI=1S/C21H21FN2O4/c1-28-12-19(26)24-17-10-23(21(27)13-6-2-4-8-15(13)22)16-9-5-3-7-14(16)20(17)18(24)11-25/h2-9,17-18,20,25H,10-12H2,1H3/t17-,18-,20+/m0/s1. The minimum atomic E-state index is -0.582. The lowest BCUT2D eigenvalue weighted by molar-refractivity contribution is -0.154. The number of aliphatic hydroxyl groups is 1. The maximum Gasteiger partial charge on any atom is 0.261 e. The van der Waals surface area contributed by atoms with Crippen molar-refractivity contribution >= 4 is 17.5 Å². The van der Waals surface area contributed by atoms with E-state index in [-0.39, 0.29) is 49.2 Å². The van der Waals surface area contributed by atoms with E-state index in [0.717, 1.165) is 5.56 Å². The molecule has 7 heteroatoms. The van der Waals surface area contributed by atoms with Crippen LogP contribution < -0.4 is 4.90 Å². The van der Waals surface area contributed by atoms with Crippen molar-refractivity contribution in [1.29, 1.82) is 0 Å². The molecule has 2 heterocycles. The van der Waals surface area contributed by atoms with Crippen LogP contribution in [0.1, 0.15) is 21.8 Å². The van der Waals surface area contributed by atoms with Crippen molar-refractivity contribution in [1.82, 2.24) is 4.90 Å². The first-order chi connectivity index (χ1) is 13.6. The topological polar surface area (TPSA) is 70.1 Å². The molecule has 2 amide bonds. The van der Waals surface area contributed by atoms with Gasteiger partial charge in [0.15, 0.2) is 0 Å². The molecule has 0 radical (unpaired) electrons. The lowest BCUT2D eigenvalue weighted by Gasteiger charge is -2.58. The monoisotopic (exact) mass is 384 g/mol. The van der Waals surface area contributed by atoms with Crippen molar-refractivity contribution in [2.75, 3.05) is 31.8 Å². The number of amides is 2. The fourth-order valence-electron chi connectivity index (χ4n) is 4.41. The molecule has 4 rings (SSSR count). The van der Waals surface area contributed by atoms with Crippen LogP contribution in [0.3, 0.4) is 0 Å². The lowest BCUT2D eigenvalue weighted by atomic mass is 9.71. The van der Waals surface area contributed by atoms with E-state index in [1.54, 1.807) is 11.0 Å². The third-order valence-electron chi connectivity index (χ3n) is 5.59. The summed E-state index contributed by atoms with van der Waals surface area (Å²) in [6, 6.07) is 12.6. The van der Waals surface area contributed by atoms with Crippen molar-refractivity contribution < 1.29 is 23.8 Å². The van der Waals surface area contributed by atoms with Gasteiger partial charge in [0.1, 0.15) is 12.4 Å². The molecule has 2 aromatic carbocycles. The quantitative estimate of drug-likeness (QED) is 0.873. The van der Waals surface area contributed by atoms with Crippen LogP contribution in [0.4, 0.5) is 10.1 Å². The zero-order valence-corrected chi connectivity index (χ0v) is 15.4. The van der Waals surface area contributed by atoms with E-state index >= 15 is 0 Å². The summed E-state index contributed by atoms with van der Waals surface area (Å²) in [5, 5.41) is 9.86. The van der Waals surface area contributed by atoms with E-state index in [1.165, 1.54) is 30.2 Å². The predicted octanol–water partition coefficient (Wildman–Crippen LogP) is 1.79. The van der Waals surface area contributed by atoms with E-state index in [1.807, 2.05) is 24.3 Å². The summed E-state index contributed by atoms with van der Waals surface area (Å²) in [4.78, 5) is 28.7. The van der Waals surface area contributed by atoms with Crippen molar-refractivity contribution in [2.45, 2.75) is 18.0 Å². The smallest absolute Gasteiger partial charge is 0.261 e. The molecule has 1 N–H and O–H groups in total. The molecule has 2 aliphatic rings. The highest BCUT2D eigenvalue weighted by atomic mass is 19.1. The fraction of sp³-hybridized carbons (Fsp3) is 0.333. The van der Waals surface area contributed by atoms with Gasteiger partial charge in [0.05, 0.1) is 24.3 Å². The maximum atomic E-state index is 14.2. The van der Waals surface area contributed by atoms with Gasteiger partial charge in [-0.15, -0.1) is 0 Å². The van der Waals surface area contributed by atoms with Gasteiger partial charge in [0.2, 0.25) is 5.91 Å². The minimum absolute atomic E-state index is 0.0106. The largest absolute Gasteiger partial charge is 0.394 e. The van der Waals surface area contributed by atoms with E-state index in [0.29, 0.717) is 5.69 Å². The molecule has 28 heavy (non-hydrogen) atoms. The normalized spacial score (nSPS) is 22.9. The second-order valence-corrected chi connectivity index (χ2v) is 7.03. The Balaban J connectivity index is 1.74. The first-order valence-corrected chi connectivity index (χ1v) is 9.14. The maximum absolute atomic E-state index is 14.2. The second kappa shape index (κ2) is 7.33. The van der Waals surface area contributed by atoms with E-state index in [9.17, 15) is 19.1 Å². The second-order valence-electron chi connectivity index (χ2n) is 7.03. The number of carbonyl (C=O) groups excluding carboxylic acids is 2. The van der Waals surface area contributed by atoms with Gasteiger partial charge in [-0.2, -0.15) is 0 Å². The van der Waals surface area contributed by atoms with Gasteiger partial charge in [-0.1, -0.05) is 30.3 Å². The Morgan fingerprint density at radius 1 is 1.18 bits per heavy atom. The summed E-state index contributed by atoms with van der Waals surface area (Å²) >= 11 is 0. The Bertz CT molecular complexity index is 919. The number of fused-ring (bicyclic) bond motifs is 3. The molecule has 1 saturated heterocycles. The SMILES string of the molecule is COCC(=O)N1[C@@H](CO)[C@@H]2c3ccccc3N(C(=O)c3ccccc3F)C[C@@H]21. The fourth-order valence-corrected chi connectivity index (χ4v) is 4.41. The lowest BCUT2D eigenvalue weighted by Crippen LogP contribution is -2.71. The molecule has 0 bridgehead atoms. The van der Waals surface area contributed by atoms with Crippen LogP contribution in [0.15, 0.2) is 48.5 Å². The van der Waals surface area contributed by atoms with Crippen LogP contribution >= 0.6 is 0 Å². The Labute approximate surface area is 162 Å². The summed E-state index contributed by atoms with van der Waals surface area (Å²) in [7, 11) is 1.44. The Morgan fingerprint density at radius 3 is 2.61 bits per heavy atom. The molecule has 0 saturated carbocycles. The van der Waals surface area contributed by atoms with E-state index in [4.69, 9.17) is 4.74 Å². The number of aliphatic hydroxyl groups excluding tert-OH is 1. The summed E-state index contributed by atoms with van der Waals surface area (Å²) in [5.74, 6) is -1.34. The molecule has 0 spiro atoms.